The lowest BCUT2D eigenvalue weighted by molar-refractivity contribution is 0.149. The fourth-order valence-corrected chi connectivity index (χ4v) is 3.15. The summed E-state index contributed by atoms with van der Waals surface area (Å²) >= 11 is 0. The molecule has 0 bridgehead atoms. The summed E-state index contributed by atoms with van der Waals surface area (Å²) in [5.74, 6) is 1.85. The smallest absolute Gasteiger partial charge is 0.230 e. The van der Waals surface area contributed by atoms with E-state index in [1.807, 2.05) is 19.1 Å². The zero-order valence-corrected chi connectivity index (χ0v) is 13.0. The summed E-state index contributed by atoms with van der Waals surface area (Å²) in [5.41, 5.74) is 1.21. The highest BCUT2D eigenvalue weighted by atomic mass is 19.1. The Bertz CT molecular complexity index is 596. The highest BCUT2D eigenvalue weighted by molar-refractivity contribution is 5.16. The maximum absolute atomic E-state index is 12.9. The van der Waals surface area contributed by atoms with Crippen LogP contribution in [-0.2, 0) is 13.0 Å². The van der Waals surface area contributed by atoms with Crippen molar-refractivity contribution in [3.8, 4) is 0 Å². The van der Waals surface area contributed by atoms with Crippen LogP contribution in [0.15, 0.2) is 28.7 Å². The molecule has 2 heterocycles. The van der Waals surface area contributed by atoms with Gasteiger partial charge in [-0.15, -0.1) is 10.2 Å². The predicted molar refractivity (Wildman–Crippen MR) is 81.8 cm³/mol. The second-order valence-corrected chi connectivity index (χ2v) is 6.12. The van der Waals surface area contributed by atoms with E-state index in [1.165, 1.54) is 18.4 Å². The van der Waals surface area contributed by atoms with Crippen LogP contribution in [0.4, 0.5) is 4.39 Å². The minimum absolute atomic E-state index is 0.164. The van der Waals surface area contributed by atoms with Crippen molar-refractivity contribution >= 4 is 0 Å². The summed E-state index contributed by atoms with van der Waals surface area (Å²) in [6, 6.07) is 6.86. The van der Waals surface area contributed by atoms with E-state index < -0.39 is 0 Å². The van der Waals surface area contributed by atoms with Crippen molar-refractivity contribution < 1.29 is 8.81 Å². The number of halogens is 1. The second kappa shape index (κ2) is 7.01. The summed E-state index contributed by atoms with van der Waals surface area (Å²) in [6.45, 7) is 4.73. The first-order chi connectivity index (χ1) is 10.7. The maximum Gasteiger partial charge on any atom is 0.230 e. The van der Waals surface area contributed by atoms with Crippen molar-refractivity contribution in [3.63, 3.8) is 0 Å². The van der Waals surface area contributed by atoms with E-state index in [-0.39, 0.29) is 5.82 Å². The highest BCUT2D eigenvalue weighted by Gasteiger charge is 2.21. The first-order valence-corrected chi connectivity index (χ1v) is 7.95. The quantitative estimate of drug-likeness (QED) is 0.849. The molecule has 1 saturated heterocycles. The Morgan fingerprint density at radius 3 is 2.82 bits per heavy atom. The Kier molecular flexibility index (Phi) is 4.83. The van der Waals surface area contributed by atoms with Crippen LogP contribution < -0.4 is 0 Å². The Morgan fingerprint density at radius 2 is 2.09 bits per heavy atom. The van der Waals surface area contributed by atoms with Gasteiger partial charge in [0.05, 0.1) is 6.54 Å². The second-order valence-electron chi connectivity index (χ2n) is 6.12. The molecule has 1 aliphatic heterocycles. The van der Waals surface area contributed by atoms with Crippen LogP contribution in [0.1, 0.15) is 36.6 Å². The molecule has 3 rings (SSSR count). The molecule has 0 saturated carbocycles. The van der Waals surface area contributed by atoms with Gasteiger partial charge in [0.25, 0.3) is 0 Å². The predicted octanol–water partition coefficient (Wildman–Crippen LogP) is 3.36. The van der Waals surface area contributed by atoms with Crippen LogP contribution in [0.2, 0.25) is 0 Å². The Morgan fingerprint density at radius 1 is 1.27 bits per heavy atom. The molecular weight excluding hydrogens is 281 g/mol. The SMILES string of the molecule is Cc1nnc(CN2CCC[C@@H](CCc3ccc(F)cc3)C2)o1. The number of rotatable bonds is 5. The van der Waals surface area contributed by atoms with Crippen LogP contribution >= 0.6 is 0 Å². The van der Waals surface area contributed by atoms with Gasteiger partial charge < -0.3 is 4.42 Å². The molecule has 1 fully saturated rings. The van der Waals surface area contributed by atoms with E-state index in [4.69, 9.17) is 4.42 Å². The summed E-state index contributed by atoms with van der Waals surface area (Å²) in [7, 11) is 0. The molecule has 0 radical (unpaired) electrons. The maximum atomic E-state index is 12.9. The van der Waals surface area contributed by atoms with Crippen molar-refractivity contribution in [1.29, 1.82) is 0 Å². The van der Waals surface area contributed by atoms with Gasteiger partial charge in [0.1, 0.15) is 5.82 Å². The van der Waals surface area contributed by atoms with Gasteiger partial charge in [-0.25, -0.2) is 4.39 Å². The minimum Gasteiger partial charge on any atom is -0.424 e. The van der Waals surface area contributed by atoms with E-state index in [0.717, 1.165) is 32.5 Å². The topological polar surface area (TPSA) is 42.2 Å². The number of likely N-dealkylation sites (tertiary alicyclic amines) is 1. The molecule has 1 aliphatic rings. The lowest BCUT2D eigenvalue weighted by atomic mass is 9.91. The van der Waals surface area contributed by atoms with Gasteiger partial charge in [-0.05, 0) is 55.8 Å². The molecule has 0 amide bonds. The van der Waals surface area contributed by atoms with E-state index in [0.29, 0.717) is 17.7 Å². The van der Waals surface area contributed by atoms with Crippen LogP contribution in [0.25, 0.3) is 0 Å². The molecule has 2 aromatic rings. The number of hydrogen-bond donors (Lipinski definition) is 0. The van der Waals surface area contributed by atoms with Crippen LogP contribution in [0, 0.1) is 18.7 Å². The summed E-state index contributed by atoms with van der Waals surface area (Å²) in [5, 5.41) is 7.95. The molecule has 0 unspecified atom stereocenters. The third kappa shape index (κ3) is 4.13. The van der Waals surface area contributed by atoms with Crippen molar-refractivity contribution in [3.05, 3.63) is 47.4 Å². The number of benzene rings is 1. The van der Waals surface area contributed by atoms with Gasteiger partial charge in [0.15, 0.2) is 0 Å². The van der Waals surface area contributed by atoms with Crippen molar-refractivity contribution in [1.82, 2.24) is 15.1 Å². The van der Waals surface area contributed by atoms with Gasteiger partial charge in [0.2, 0.25) is 11.8 Å². The highest BCUT2D eigenvalue weighted by Crippen LogP contribution is 2.22. The average Bonchev–Trinajstić information content (AvgIpc) is 2.92. The third-order valence-electron chi connectivity index (χ3n) is 4.28. The van der Waals surface area contributed by atoms with Gasteiger partial charge >= 0.3 is 0 Å². The molecule has 4 nitrogen and oxygen atoms in total. The fraction of sp³-hybridized carbons (Fsp3) is 0.529. The first-order valence-electron chi connectivity index (χ1n) is 7.95. The van der Waals surface area contributed by atoms with E-state index in [2.05, 4.69) is 15.1 Å². The zero-order chi connectivity index (χ0) is 15.4. The third-order valence-corrected chi connectivity index (χ3v) is 4.28. The Labute approximate surface area is 130 Å². The molecule has 0 aliphatic carbocycles. The number of hydrogen-bond acceptors (Lipinski definition) is 4. The first kappa shape index (κ1) is 15.2. The molecule has 1 aromatic carbocycles. The molecular formula is C17H22FN3O. The number of aromatic nitrogens is 2. The largest absolute Gasteiger partial charge is 0.424 e. The number of nitrogens with zero attached hydrogens (tertiary/aromatic N) is 3. The lowest BCUT2D eigenvalue weighted by Gasteiger charge is -2.31. The molecule has 5 heteroatoms. The summed E-state index contributed by atoms with van der Waals surface area (Å²) in [4.78, 5) is 2.39. The molecule has 22 heavy (non-hydrogen) atoms. The molecule has 0 spiro atoms. The van der Waals surface area contributed by atoms with Gasteiger partial charge in [-0.2, -0.15) is 0 Å². The van der Waals surface area contributed by atoms with Crippen LogP contribution in [0.5, 0.6) is 0 Å². The number of aryl methyl sites for hydroxylation is 2. The monoisotopic (exact) mass is 303 g/mol. The molecule has 0 N–H and O–H groups in total. The van der Waals surface area contributed by atoms with Gasteiger partial charge in [-0.3, -0.25) is 4.90 Å². The fourth-order valence-electron chi connectivity index (χ4n) is 3.15. The minimum atomic E-state index is -0.164. The summed E-state index contributed by atoms with van der Waals surface area (Å²) in [6.07, 6.45) is 4.63. The lowest BCUT2D eigenvalue weighted by Crippen LogP contribution is -2.35. The van der Waals surface area contributed by atoms with Gasteiger partial charge in [0, 0.05) is 13.5 Å². The normalized spacial score (nSPS) is 19.5. The standard InChI is InChI=1S/C17H22FN3O/c1-13-19-20-17(22-13)12-21-10-2-3-15(11-21)5-4-14-6-8-16(18)9-7-14/h6-9,15H,2-5,10-12H2,1H3/t15-/m0/s1. The van der Waals surface area contributed by atoms with Crippen molar-refractivity contribution in [2.75, 3.05) is 13.1 Å². The van der Waals surface area contributed by atoms with E-state index in [9.17, 15) is 4.39 Å². The molecule has 118 valence electrons. The Balaban J connectivity index is 1.49. The van der Waals surface area contributed by atoms with E-state index in [1.54, 1.807) is 12.1 Å². The zero-order valence-electron chi connectivity index (χ0n) is 13.0. The van der Waals surface area contributed by atoms with Gasteiger partial charge in [-0.1, -0.05) is 12.1 Å². The van der Waals surface area contributed by atoms with Crippen LogP contribution in [-0.4, -0.2) is 28.2 Å². The Hall–Kier alpha value is -1.75. The number of piperidine rings is 1. The molecule has 1 atom stereocenters. The molecule has 1 aromatic heterocycles. The van der Waals surface area contributed by atoms with Crippen molar-refractivity contribution in [2.24, 2.45) is 5.92 Å². The average molecular weight is 303 g/mol. The van der Waals surface area contributed by atoms with E-state index >= 15 is 0 Å². The van der Waals surface area contributed by atoms with Crippen molar-refractivity contribution in [2.45, 2.75) is 39.2 Å². The summed E-state index contributed by atoms with van der Waals surface area (Å²) < 4.78 is 18.4. The van der Waals surface area contributed by atoms with Crippen LogP contribution in [0.3, 0.4) is 0 Å².